The fraction of sp³-hybridized carbons (Fsp3) is 0.158. The molecule has 0 saturated carbocycles. The molecule has 25 heavy (non-hydrogen) atoms. The van der Waals surface area contributed by atoms with Crippen molar-refractivity contribution in [1.29, 1.82) is 0 Å². The Kier molecular flexibility index (Phi) is 5.09. The number of anilines is 1. The summed E-state index contributed by atoms with van der Waals surface area (Å²) in [4.78, 5) is 32.5. The molecule has 3 rings (SSSR count). The number of fused-ring (bicyclic) bond motifs is 1. The van der Waals surface area contributed by atoms with Crippen molar-refractivity contribution in [3.05, 3.63) is 60.4 Å². The molecule has 0 aliphatic heterocycles. The standard InChI is InChI=1S/C19H17N3O2S/c1-12(23)14-6-5-7-15(10-14)22-18(24)13(2)25-19-16-8-3-4-9-17(16)20-11-21-19/h3-11,13H,1-2H3,(H,22,24)/t13-/m0/s1. The molecule has 0 aliphatic rings. The van der Waals surface area contributed by atoms with Crippen molar-refractivity contribution >= 4 is 40.0 Å². The van der Waals surface area contributed by atoms with Crippen LogP contribution in [0.3, 0.4) is 0 Å². The summed E-state index contributed by atoms with van der Waals surface area (Å²) >= 11 is 1.38. The highest BCUT2D eigenvalue weighted by molar-refractivity contribution is 8.00. The highest BCUT2D eigenvalue weighted by Crippen LogP contribution is 2.28. The van der Waals surface area contributed by atoms with Crippen LogP contribution in [0.15, 0.2) is 59.9 Å². The number of carbonyl (C=O) groups excluding carboxylic acids is 2. The number of Topliss-reactive ketones (excluding diaryl/α,β-unsaturated/α-hetero) is 1. The van der Waals surface area contributed by atoms with E-state index in [4.69, 9.17) is 0 Å². The van der Waals surface area contributed by atoms with Crippen molar-refractivity contribution in [2.45, 2.75) is 24.1 Å². The van der Waals surface area contributed by atoms with Crippen molar-refractivity contribution in [3.63, 3.8) is 0 Å². The van der Waals surface area contributed by atoms with Crippen molar-refractivity contribution in [2.75, 3.05) is 5.32 Å². The lowest BCUT2D eigenvalue weighted by molar-refractivity contribution is -0.115. The molecule has 0 bridgehead atoms. The van der Waals surface area contributed by atoms with E-state index >= 15 is 0 Å². The van der Waals surface area contributed by atoms with Crippen LogP contribution in [0.1, 0.15) is 24.2 Å². The number of amides is 1. The number of nitrogens with zero attached hydrogens (tertiary/aromatic N) is 2. The van der Waals surface area contributed by atoms with Crippen LogP contribution in [-0.4, -0.2) is 26.9 Å². The van der Waals surface area contributed by atoms with Crippen LogP contribution in [0, 0.1) is 0 Å². The zero-order valence-corrected chi connectivity index (χ0v) is 14.7. The van der Waals surface area contributed by atoms with E-state index < -0.39 is 0 Å². The lowest BCUT2D eigenvalue weighted by Gasteiger charge is -2.13. The molecular weight excluding hydrogens is 334 g/mol. The topological polar surface area (TPSA) is 72.0 Å². The van der Waals surface area contributed by atoms with E-state index in [2.05, 4.69) is 15.3 Å². The van der Waals surface area contributed by atoms with Gasteiger partial charge in [0.1, 0.15) is 11.4 Å². The van der Waals surface area contributed by atoms with Gasteiger partial charge in [-0.05, 0) is 32.0 Å². The fourth-order valence-electron chi connectivity index (χ4n) is 2.35. The second-order valence-corrected chi connectivity index (χ2v) is 6.91. The Morgan fingerprint density at radius 2 is 1.88 bits per heavy atom. The predicted molar refractivity (Wildman–Crippen MR) is 99.9 cm³/mol. The summed E-state index contributed by atoms with van der Waals surface area (Å²) in [5.74, 6) is -0.181. The number of hydrogen-bond acceptors (Lipinski definition) is 5. The summed E-state index contributed by atoms with van der Waals surface area (Å²) in [5, 5.41) is 4.20. The average Bonchev–Trinajstić information content (AvgIpc) is 2.62. The number of ketones is 1. The van der Waals surface area contributed by atoms with Gasteiger partial charge in [-0.2, -0.15) is 0 Å². The molecule has 1 N–H and O–H groups in total. The highest BCUT2D eigenvalue weighted by Gasteiger charge is 2.17. The maximum absolute atomic E-state index is 12.5. The molecule has 1 atom stereocenters. The first-order valence-corrected chi connectivity index (χ1v) is 8.71. The Morgan fingerprint density at radius 1 is 1.08 bits per heavy atom. The molecule has 0 fully saturated rings. The van der Waals surface area contributed by atoms with E-state index in [0.717, 1.165) is 15.9 Å². The van der Waals surface area contributed by atoms with Gasteiger partial charge in [-0.1, -0.05) is 42.1 Å². The first kappa shape index (κ1) is 17.1. The van der Waals surface area contributed by atoms with Gasteiger partial charge in [0.25, 0.3) is 0 Å². The molecule has 1 amide bonds. The zero-order valence-electron chi connectivity index (χ0n) is 13.9. The second kappa shape index (κ2) is 7.44. The number of thioether (sulfide) groups is 1. The maximum atomic E-state index is 12.5. The third-order valence-electron chi connectivity index (χ3n) is 3.70. The minimum Gasteiger partial charge on any atom is -0.325 e. The molecule has 126 valence electrons. The molecular formula is C19H17N3O2S. The van der Waals surface area contributed by atoms with Crippen molar-refractivity contribution in [1.82, 2.24) is 9.97 Å². The van der Waals surface area contributed by atoms with Crippen LogP contribution in [0.5, 0.6) is 0 Å². The van der Waals surface area contributed by atoms with Gasteiger partial charge in [0.2, 0.25) is 5.91 Å². The zero-order chi connectivity index (χ0) is 17.8. The van der Waals surface area contributed by atoms with E-state index in [1.165, 1.54) is 25.0 Å². The average molecular weight is 351 g/mol. The van der Waals surface area contributed by atoms with E-state index in [9.17, 15) is 9.59 Å². The minimum absolute atomic E-state index is 0.0361. The Hall–Kier alpha value is -2.73. The lowest BCUT2D eigenvalue weighted by atomic mass is 10.1. The Morgan fingerprint density at radius 3 is 2.68 bits per heavy atom. The number of hydrogen-bond donors (Lipinski definition) is 1. The highest BCUT2D eigenvalue weighted by atomic mass is 32.2. The first-order chi connectivity index (χ1) is 12.0. The molecule has 0 spiro atoms. The van der Waals surface area contributed by atoms with Gasteiger partial charge < -0.3 is 5.32 Å². The van der Waals surface area contributed by atoms with E-state index in [1.54, 1.807) is 24.3 Å². The van der Waals surface area contributed by atoms with Crippen LogP contribution < -0.4 is 5.32 Å². The molecule has 5 nitrogen and oxygen atoms in total. The van der Waals surface area contributed by atoms with Crippen LogP contribution in [-0.2, 0) is 4.79 Å². The van der Waals surface area contributed by atoms with Crippen LogP contribution >= 0.6 is 11.8 Å². The van der Waals surface area contributed by atoms with E-state index in [-0.39, 0.29) is 16.9 Å². The van der Waals surface area contributed by atoms with E-state index in [1.807, 2.05) is 31.2 Å². The quantitative estimate of drug-likeness (QED) is 0.428. The third kappa shape index (κ3) is 4.03. The predicted octanol–water partition coefficient (Wildman–Crippen LogP) is 3.95. The van der Waals surface area contributed by atoms with Gasteiger partial charge in [0, 0.05) is 16.6 Å². The molecule has 0 unspecified atom stereocenters. The van der Waals surface area contributed by atoms with Gasteiger partial charge in [-0.25, -0.2) is 9.97 Å². The SMILES string of the molecule is CC(=O)c1cccc(NC(=O)[C@H](C)Sc2ncnc3ccccc23)c1. The van der Waals surface area contributed by atoms with E-state index in [0.29, 0.717) is 11.3 Å². The van der Waals surface area contributed by atoms with Gasteiger partial charge in [-0.3, -0.25) is 9.59 Å². The van der Waals surface area contributed by atoms with Crippen LogP contribution in [0.4, 0.5) is 5.69 Å². The third-order valence-corrected chi connectivity index (χ3v) is 4.82. The molecule has 2 aromatic carbocycles. The Bertz CT molecular complexity index is 937. The lowest BCUT2D eigenvalue weighted by Crippen LogP contribution is -2.22. The maximum Gasteiger partial charge on any atom is 0.237 e. The summed E-state index contributed by atoms with van der Waals surface area (Å²) in [7, 11) is 0. The monoisotopic (exact) mass is 351 g/mol. The Labute approximate surface area is 149 Å². The first-order valence-electron chi connectivity index (χ1n) is 7.83. The molecule has 1 heterocycles. The largest absolute Gasteiger partial charge is 0.325 e. The molecule has 0 aliphatic carbocycles. The van der Waals surface area contributed by atoms with Crippen molar-refractivity contribution in [3.8, 4) is 0 Å². The molecule has 3 aromatic rings. The number of nitrogens with one attached hydrogen (secondary N) is 1. The molecule has 6 heteroatoms. The van der Waals surface area contributed by atoms with Crippen LogP contribution in [0.25, 0.3) is 10.9 Å². The van der Waals surface area contributed by atoms with Crippen LogP contribution in [0.2, 0.25) is 0 Å². The van der Waals surface area contributed by atoms with Gasteiger partial charge in [0.15, 0.2) is 5.78 Å². The molecule has 0 radical (unpaired) electrons. The normalized spacial score (nSPS) is 11.9. The number of rotatable bonds is 5. The number of benzene rings is 2. The number of aromatic nitrogens is 2. The number of para-hydroxylation sites is 1. The molecule has 1 aromatic heterocycles. The van der Waals surface area contributed by atoms with Gasteiger partial charge in [0.05, 0.1) is 10.8 Å². The van der Waals surface area contributed by atoms with Gasteiger partial charge in [-0.15, -0.1) is 0 Å². The van der Waals surface area contributed by atoms with Gasteiger partial charge >= 0.3 is 0 Å². The summed E-state index contributed by atoms with van der Waals surface area (Å²) in [6, 6.07) is 14.6. The smallest absolute Gasteiger partial charge is 0.237 e. The summed E-state index contributed by atoms with van der Waals surface area (Å²) < 4.78 is 0. The van der Waals surface area contributed by atoms with Crippen molar-refractivity contribution in [2.24, 2.45) is 0 Å². The number of carbonyl (C=O) groups is 2. The second-order valence-electron chi connectivity index (χ2n) is 5.58. The summed E-state index contributed by atoms with van der Waals surface area (Å²) in [5.41, 5.74) is 2.03. The molecule has 0 saturated heterocycles. The summed E-state index contributed by atoms with van der Waals surface area (Å²) in [6.07, 6.45) is 1.51. The Balaban J connectivity index is 1.74. The fourth-order valence-corrected chi connectivity index (χ4v) is 3.26. The minimum atomic E-state index is -0.348. The van der Waals surface area contributed by atoms with Crippen molar-refractivity contribution < 1.29 is 9.59 Å². The summed E-state index contributed by atoms with van der Waals surface area (Å²) in [6.45, 7) is 3.32.